The van der Waals surface area contributed by atoms with Crippen LogP contribution in [0.25, 0.3) is 0 Å². The molecule has 0 saturated heterocycles. The van der Waals surface area contributed by atoms with Crippen molar-refractivity contribution in [1.29, 1.82) is 0 Å². The van der Waals surface area contributed by atoms with Gasteiger partial charge in [-0.25, -0.2) is 9.69 Å². The van der Waals surface area contributed by atoms with Crippen molar-refractivity contribution in [3.63, 3.8) is 0 Å². The summed E-state index contributed by atoms with van der Waals surface area (Å²) in [7, 11) is 0. The third-order valence-corrected chi connectivity index (χ3v) is 5.99. The largest absolute Gasteiger partial charge is 0.423 e. The molecule has 34 heavy (non-hydrogen) atoms. The minimum atomic E-state index is -0.716. The molecule has 0 bridgehead atoms. The molecule has 0 saturated carbocycles. The van der Waals surface area contributed by atoms with E-state index in [-0.39, 0.29) is 21.4 Å². The molecule has 172 valence electrons. The van der Waals surface area contributed by atoms with Gasteiger partial charge in [-0.1, -0.05) is 52.5 Å². The van der Waals surface area contributed by atoms with Gasteiger partial charge in [0.1, 0.15) is 16.5 Å². The Kier molecular flexibility index (Phi) is 6.66. The lowest BCUT2D eigenvalue weighted by molar-refractivity contribution is -0.120. The zero-order chi connectivity index (χ0) is 24.6. The van der Waals surface area contributed by atoms with Crippen molar-refractivity contribution in [2.75, 3.05) is 10.2 Å². The zero-order valence-corrected chi connectivity index (χ0v) is 20.3. The highest BCUT2D eigenvalue weighted by Gasteiger charge is 2.39. The summed E-state index contributed by atoms with van der Waals surface area (Å²) in [6.45, 7) is 3.82. The number of imide groups is 1. The number of hydrogen-bond acceptors (Lipinski definition) is 5. The highest BCUT2D eigenvalue weighted by molar-refractivity contribution is 6.53. The second-order valence-corrected chi connectivity index (χ2v) is 8.81. The molecule has 3 aromatic rings. The minimum Gasteiger partial charge on any atom is -0.423 e. The van der Waals surface area contributed by atoms with Crippen LogP contribution in [0.5, 0.6) is 5.75 Å². The minimum absolute atomic E-state index is 0.108. The number of nitrogens with zero attached hydrogens (tertiary/aromatic N) is 1. The number of anilines is 2. The Bertz CT molecular complexity index is 1370. The van der Waals surface area contributed by atoms with Crippen LogP contribution in [0.3, 0.4) is 0 Å². The van der Waals surface area contributed by atoms with E-state index in [4.69, 9.17) is 39.5 Å². The Morgan fingerprint density at radius 3 is 2.24 bits per heavy atom. The molecular formula is C25H17Cl3N2O4. The molecule has 0 aliphatic carbocycles. The van der Waals surface area contributed by atoms with Crippen molar-refractivity contribution in [2.24, 2.45) is 0 Å². The van der Waals surface area contributed by atoms with Gasteiger partial charge >= 0.3 is 5.97 Å². The number of carbonyl (C=O) groups excluding carboxylic acids is 3. The van der Waals surface area contributed by atoms with E-state index in [1.165, 1.54) is 30.3 Å². The number of nitrogens with one attached hydrogen (secondary N) is 1. The van der Waals surface area contributed by atoms with Crippen molar-refractivity contribution in [1.82, 2.24) is 0 Å². The molecule has 2 amide bonds. The van der Waals surface area contributed by atoms with E-state index in [2.05, 4.69) is 5.32 Å². The van der Waals surface area contributed by atoms with E-state index in [1.807, 2.05) is 26.0 Å². The quantitative estimate of drug-likeness (QED) is 0.246. The molecule has 9 heteroatoms. The number of rotatable bonds is 5. The topological polar surface area (TPSA) is 75.7 Å². The van der Waals surface area contributed by atoms with E-state index in [9.17, 15) is 14.4 Å². The molecule has 4 rings (SSSR count). The first-order valence-corrected chi connectivity index (χ1v) is 11.2. The van der Waals surface area contributed by atoms with Gasteiger partial charge in [-0.05, 0) is 67.9 Å². The summed E-state index contributed by atoms with van der Waals surface area (Å²) in [5.41, 5.74) is 2.74. The van der Waals surface area contributed by atoms with Gasteiger partial charge in [-0.15, -0.1) is 0 Å². The summed E-state index contributed by atoms with van der Waals surface area (Å²) in [4.78, 5) is 39.0. The number of amides is 2. The fourth-order valence-electron chi connectivity index (χ4n) is 3.40. The zero-order valence-electron chi connectivity index (χ0n) is 18.0. The number of halogens is 3. The van der Waals surface area contributed by atoms with Crippen molar-refractivity contribution in [3.05, 3.63) is 98.1 Å². The third-order valence-electron chi connectivity index (χ3n) is 5.10. The predicted molar refractivity (Wildman–Crippen MR) is 133 cm³/mol. The lowest BCUT2D eigenvalue weighted by atomic mass is 10.1. The maximum atomic E-state index is 12.9. The smallest absolute Gasteiger partial charge is 0.343 e. The van der Waals surface area contributed by atoms with Gasteiger partial charge in [0, 0.05) is 10.7 Å². The van der Waals surface area contributed by atoms with E-state index in [0.717, 1.165) is 16.0 Å². The third kappa shape index (κ3) is 4.66. The first kappa shape index (κ1) is 23.8. The van der Waals surface area contributed by atoms with E-state index >= 15 is 0 Å². The Labute approximate surface area is 210 Å². The van der Waals surface area contributed by atoms with Crippen LogP contribution in [-0.4, -0.2) is 17.8 Å². The molecule has 0 unspecified atom stereocenters. The Morgan fingerprint density at radius 1 is 0.882 bits per heavy atom. The molecule has 3 aromatic carbocycles. The second-order valence-electron chi connectivity index (χ2n) is 7.59. The number of aryl methyl sites for hydroxylation is 2. The van der Waals surface area contributed by atoms with Crippen LogP contribution in [-0.2, 0) is 9.59 Å². The van der Waals surface area contributed by atoms with Crippen LogP contribution in [0.15, 0.2) is 71.4 Å². The maximum Gasteiger partial charge on any atom is 0.343 e. The highest BCUT2D eigenvalue weighted by atomic mass is 35.5. The van der Waals surface area contributed by atoms with Crippen molar-refractivity contribution in [3.8, 4) is 5.75 Å². The summed E-state index contributed by atoms with van der Waals surface area (Å²) in [5.74, 6) is -1.43. The molecule has 1 aliphatic rings. The van der Waals surface area contributed by atoms with Gasteiger partial charge in [0.05, 0.1) is 16.3 Å². The molecular weight excluding hydrogens is 499 g/mol. The lowest BCUT2D eigenvalue weighted by Crippen LogP contribution is -2.32. The van der Waals surface area contributed by atoms with Crippen molar-refractivity contribution < 1.29 is 19.1 Å². The van der Waals surface area contributed by atoms with Gasteiger partial charge in [-0.3, -0.25) is 9.59 Å². The van der Waals surface area contributed by atoms with Crippen LogP contribution >= 0.6 is 34.8 Å². The molecule has 0 aromatic heterocycles. The fraction of sp³-hybridized carbons (Fsp3) is 0.0800. The average molecular weight is 516 g/mol. The maximum absolute atomic E-state index is 12.9. The lowest BCUT2D eigenvalue weighted by Gasteiger charge is -2.16. The Morgan fingerprint density at radius 2 is 1.59 bits per heavy atom. The second kappa shape index (κ2) is 9.50. The fourth-order valence-corrected chi connectivity index (χ4v) is 4.10. The number of carbonyl (C=O) groups is 3. The molecule has 0 fully saturated rings. The molecule has 6 nitrogen and oxygen atoms in total. The first-order valence-electron chi connectivity index (χ1n) is 10.1. The SMILES string of the molecule is Cc1ccc(OC(=O)c2ccc(NC3=C(Cl)C(=O)N(c4ccc(Cl)cc4Cl)C3=O)cc2)c(C)c1. The normalized spacial score (nSPS) is 13.5. The van der Waals surface area contributed by atoms with Crippen LogP contribution in [0.4, 0.5) is 11.4 Å². The van der Waals surface area contributed by atoms with Crippen LogP contribution in [0.2, 0.25) is 10.0 Å². The predicted octanol–water partition coefficient (Wildman–Crippen LogP) is 6.27. The molecule has 1 aliphatic heterocycles. The molecule has 1 N–H and O–H groups in total. The molecule has 1 heterocycles. The van der Waals surface area contributed by atoms with E-state index in [1.54, 1.807) is 18.2 Å². The summed E-state index contributed by atoms with van der Waals surface area (Å²) in [5, 5.41) is 3.06. The van der Waals surface area contributed by atoms with Crippen LogP contribution in [0.1, 0.15) is 21.5 Å². The molecule has 0 radical (unpaired) electrons. The van der Waals surface area contributed by atoms with Gasteiger partial charge in [0.25, 0.3) is 11.8 Å². The highest BCUT2D eigenvalue weighted by Crippen LogP contribution is 2.35. The Hall–Kier alpha value is -3.32. The summed E-state index contributed by atoms with van der Waals surface area (Å²) < 4.78 is 5.47. The van der Waals surface area contributed by atoms with Crippen LogP contribution in [0, 0.1) is 13.8 Å². The molecule has 0 atom stereocenters. The van der Waals surface area contributed by atoms with Gasteiger partial charge in [-0.2, -0.15) is 0 Å². The standard InChI is InChI=1S/C25H17Cl3N2O4/c1-13-3-10-20(14(2)11-13)34-25(33)15-4-7-17(8-5-15)29-22-21(28)23(31)30(24(22)32)19-9-6-16(26)12-18(19)27/h3-12,29H,1-2H3. The Balaban J connectivity index is 1.50. The first-order chi connectivity index (χ1) is 16.2. The van der Waals surface area contributed by atoms with Crippen molar-refractivity contribution >= 4 is 64.0 Å². The van der Waals surface area contributed by atoms with E-state index in [0.29, 0.717) is 22.0 Å². The average Bonchev–Trinajstić information content (AvgIpc) is 2.99. The number of hydrogen-bond donors (Lipinski definition) is 1. The summed E-state index contributed by atoms with van der Waals surface area (Å²) >= 11 is 18.2. The van der Waals surface area contributed by atoms with Gasteiger partial charge in [0.2, 0.25) is 0 Å². The van der Waals surface area contributed by atoms with E-state index < -0.39 is 17.8 Å². The van der Waals surface area contributed by atoms with Gasteiger partial charge < -0.3 is 10.1 Å². The number of esters is 1. The van der Waals surface area contributed by atoms with Gasteiger partial charge in [0.15, 0.2) is 0 Å². The number of benzene rings is 3. The van der Waals surface area contributed by atoms with Crippen LogP contribution < -0.4 is 15.0 Å². The summed E-state index contributed by atoms with van der Waals surface area (Å²) in [6, 6.07) is 16.2. The monoisotopic (exact) mass is 514 g/mol. The number of ether oxygens (including phenoxy) is 1. The molecule has 0 spiro atoms. The summed E-state index contributed by atoms with van der Waals surface area (Å²) in [6.07, 6.45) is 0. The van der Waals surface area contributed by atoms with Crippen molar-refractivity contribution in [2.45, 2.75) is 13.8 Å².